The molecule has 2 rings (SSSR count). The first-order valence-corrected chi connectivity index (χ1v) is 6.11. The first-order valence-electron chi connectivity index (χ1n) is 5.31. The molecule has 0 fully saturated rings. The molecule has 2 aromatic rings. The van der Waals surface area contributed by atoms with Crippen LogP contribution in [0.25, 0.3) is 11.3 Å². The van der Waals surface area contributed by atoms with Crippen LogP contribution in [0.1, 0.15) is 12.8 Å². The Labute approximate surface area is 107 Å². The van der Waals surface area contributed by atoms with Crippen LogP contribution in [0.3, 0.4) is 0 Å². The highest BCUT2D eigenvalue weighted by Crippen LogP contribution is 2.29. The predicted octanol–water partition coefficient (Wildman–Crippen LogP) is 3.35. The zero-order valence-corrected chi connectivity index (χ0v) is 10.9. The van der Waals surface area contributed by atoms with Crippen molar-refractivity contribution in [3.63, 3.8) is 0 Å². The Balaban J connectivity index is 2.24. The molecule has 0 aliphatic carbocycles. The van der Waals surface area contributed by atoms with Crippen molar-refractivity contribution in [2.24, 2.45) is 0 Å². The summed E-state index contributed by atoms with van der Waals surface area (Å²) in [6.45, 7) is 3.47. The molecule has 1 heterocycles. The van der Waals surface area contributed by atoms with E-state index in [-0.39, 0.29) is 5.82 Å². The summed E-state index contributed by atoms with van der Waals surface area (Å²) < 4.78 is 19.2. The molecule has 0 aliphatic heterocycles. The number of oxazole rings is 1. The quantitative estimate of drug-likeness (QED) is 0.941. The second-order valence-electron chi connectivity index (χ2n) is 3.52. The summed E-state index contributed by atoms with van der Waals surface area (Å²) in [6, 6.07) is 4.46. The Morgan fingerprint density at radius 1 is 1.47 bits per heavy atom. The van der Waals surface area contributed by atoms with Crippen molar-refractivity contribution < 1.29 is 8.81 Å². The van der Waals surface area contributed by atoms with E-state index in [1.165, 1.54) is 12.1 Å². The van der Waals surface area contributed by atoms with Crippen LogP contribution < -0.4 is 5.32 Å². The Morgan fingerprint density at radius 3 is 3.00 bits per heavy atom. The number of hydrogen-bond donors (Lipinski definition) is 1. The van der Waals surface area contributed by atoms with Crippen LogP contribution in [0.4, 0.5) is 4.39 Å². The van der Waals surface area contributed by atoms with Crippen LogP contribution in [0.2, 0.25) is 0 Å². The molecule has 0 radical (unpaired) electrons. The van der Waals surface area contributed by atoms with E-state index in [0.29, 0.717) is 22.7 Å². The molecule has 1 aromatic carbocycles. The van der Waals surface area contributed by atoms with Gasteiger partial charge in [-0.3, -0.25) is 0 Å². The third kappa shape index (κ3) is 2.92. The maximum absolute atomic E-state index is 12.9. The van der Waals surface area contributed by atoms with Crippen LogP contribution in [-0.4, -0.2) is 11.5 Å². The molecule has 0 saturated heterocycles. The molecule has 1 N–H and O–H groups in total. The lowest BCUT2D eigenvalue weighted by atomic mass is 10.2. The Kier molecular flexibility index (Phi) is 3.91. The second-order valence-corrected chi connectivity index (χ2v) is 4.38. The smallest absolute Gasteiger partial charge is 0.208 e. The fourth-order valence-corrected chi connectivity index (χ4v) is 1.98. The van der Waals surface area contributed by atoms with Crippen molar-refractivity contribution >= 4 is 15.9 Å². The van der Waals surface area contributed by atoms with Crippen molar-refractivity contribution in [2.75, 3.05) is 6.54 Å². The third-order valence-electron chi connectivity index (χ3n) is 2.28. The van der Waals surface area contributed by atoms with Crippen LogP contribution in [0, 0.1) is 5.82 Å². The summed E-state index contributed by atoms with van der Waals surface area (Å²) in [7, 11) is 0. The maximum Gasteiger partial charge on any atom is 0.208 e. The largest absolute Gasteiger partial charge is 0.439 e. The molecule has 3 nitrogen and oxygen atoms in total. The summed E-state index contributed by atoms with van der Waals surface area (Å²) in [5, 5.41) is 3.13. The number of nitrogens with zero attached hydrogens (tertiary/aromatic N) is 1. The van der Waals surface area contributed by atoms with Crippen LogP contribution in [0.5, 0.6) is 0 Å². The molecule has 0 amide bonds. The standard InChI is InChI=1S/C12H12BrFN2O/c1-2-15-7-12-16-6-11(17-12)9-4-3-8(14)5-10(9)13/h3-6,15H,2,7H2,1H3. The van der Waals surface area contributed by atoms with E-state index >= 15 is 0 Å². The van der Waals surface area contributed by atoms with Crippen molar-refractivity contribution in [3.05, 3.63) is 40.6 Å². The minimum Gasteiger partial charge on any atom is -0.439 e. The van der Waals surface area contributed by atoms with E-state index < -0.39 is 0 Å². The van der Waals surface area contributed by atoms with Gasteiger partial charge in [-0.2, -0.15) is 0 Å². The Bertz CT molecular complexity index is 513. The molecule has 0 spiro atoms. The summed E-state index contributed by atoms with van der Waals surface area (Å²) in [5.74, 6) is 0.968. The molecule has 0 saturated carbocycles. The average Bonchev–Trinajstić information content (AvgIpc) is 2.75. The van der Waals surface area contributed by atoms with E-state index in [1.54, 1.807) is 12.3 Å². The van der Waals surface area contributed by atoms with Crippen molar-refractivity contribution in [1.29, 1.82) is 0 Å². The van der Waals surface area contributed by atoms with Crippen molar-refractivity contribution in [2.45, 2.75) is 13.5 Å². The lowest BCUT2D eigenvalue weighted by Gasteiger charge is -2.00. The van der Waals surface area contributed by atoms with Gasteiger partial charge < -0.3 is 9.73 Å². The molecule has 90 valence electrons. The van der Waals surface area contributed by atoms with E-state index in [2.05, 4.69) is 26.2 Å². The zero-order valence-electron chi connectivity index (χ0n) is 9.34. The lowest BCUT2D eigenvalue weighted by Crippen LogP contribution is -2.11. The Hall–Kier alpha value is -1.20. The maximum atomic E-state index is 12.9. The van der Waals surface area contributed by atoms with Crippen LogP contribution in [0.15, 0.2) is 33.3 Å². The van der Waals surface area contributed by atoms with Gasteiger partial charge in [-0.25, -0.2) is 9.37 Å². The van der Waals surface area contributed by atoms with Gasteiger partial charge in [0.25, 0.3) is 0 Å². The zero-order chi connectivity index (χ0) is 12.3. The average molecular weight is 299 g/mol. The highest BCUT2D eigenvalue weighted by atomic mass is 79.9. The van der Waals surface area contributed by atoms with Crippen LogP contribution >= 0.6 is 15.9 Å². The summed E-state index contributed by atoms with van der Waals surface area (Å²) >= 11 is 3.30. The minimum atomic E-state index is -0.284. The van der Waals surface area contributed by atoms with Crippen LogP contribution in [-0.2, 0) is 6.54 Å². The minimum absolute atomic E-state index is 0.284. The first kappa shape index (κ1) is 12.3. The highest BCUT2D eigenvalue weighted by molar-refractivity contribution is 9.10. The first-order chi connectivity index (χ1) is 8.20. The normalized spacial score (nSPS) is 10.8. The lowest BCUT2D eigenvalue weighted by molar-refractivity contribution is 0.482. The van der Waals surface area contributed by atoms with E-state index in [0.717, 1.165) is 12.1 Å². The number of nitrogens with one attached hydrogen (secondary N) is 1. The fraction of sp³-hybridized carbons (Fsp3) is 0.250. The molecule has 0 bridgehead atoms. The molecule has 17 heavy (non-hydrogen) atoms. The topological polar surface area (TPSA) is 38.1 Å². The molecular formula is C12H12BrFN2O. The number of halogens is 2. The molecule has 0 atom stereocenters. The number of aromatic nitrogens is 1. The van der Waals surface area contributed by atoms with Crippen molar-refractivity contribution in [3.8, 4) is 11.3 Å². The summed E-state index contributed by atoms with van der Waals surface area (Å²) in [6.07, 6.45) is 1.64. The fourth-order valence-electron chi connectivity index (χ4n) is 1.44. The van der Waals surface area contributed by atoms with Gasteiger partial charge in [-0.15, -0.1) is 0 Å². The van der Waals surface area contributed by atoms with Gasteiger partial charge in [-0.05, 0) is 40.7 Å². The molecule has 5 heteroatoms. The van der Waals surface area contributed by atoms with Gasteiger partial charge in [-0.1, -0.05) is 6.92 Å². The van der Waals surface area contributed by atoms with E-state index in [4.69, 9.17) is 4.42 Å². The summed E-state index contributed by atoms with van der Waals surface area (Å²) in [5.41, 5.74) is 0.793. The molecule has 1 aromatic heterocycles. The number of benzene rings is 1. The van der Waals surface area contributed by atoms with Gasteiger partial charge in [0, 0.05) is 10.0 Å². The van der Waals surface area contributed by atoms with Gasteiger partial charge in [0.2, 0.25) is 5.89 Å². The van der Waals surface area contributed by atoms with Gasteiger partial charge in [0.05, 0.1) is 12.7 Å². The number of hydrogen-bond acceptors (Lipinski definition) is 3. The molecular weight excluding hydrogens is 287 g/mol. The molecule has 0 aliphatic rings. The SMILES string of the molecule is CCNCc1ncc(-c2ccc(F)cc2Br)o1. The second kappa shape index (κ2) is 5.42. The monoisotopic (exact) mass is 298 g/mol. The predicted molar refractivity (Wildman–Crippen MR) is 67.0 cm³/mol. The third-order valence-corrected chi connectivity index (χ3v) is 2.93. The van der Waals surface area contributed by atoms with Gasteiger partial charge >= 0.3 is 0 Å². The summed E-state index contributed by atoms with van der Waals surface area (Å²) in [4.78, 5) is 4.15. The van der Waals surface area contributed by atoms with E-state index in [1.807, 2.05) is 6.92 Å². The van der Waals surface area contributed by atoms with Gasteiger partial charge in [0.15, 0.2) is 5.76 Å². The Morgan fingerprint density at radius 2 is 2.29 bits per heavy atom. The highest BCUT2D eigenvalue weighted by Gasteiger charge is 2.09. The van der Waals surface area contributed by atoms with Gasteiger partial charge in [0.1, 0.15) is 5.82 Å². The van der Waals surface area contributed by atoms with E-state index in [9.17, 15) is 4.39 Å². The number of rotatable bonds is 4. The van der Waals surface area contributed by atoms with Crippen molar-refractivity contribution in [1.82, 2.24) is 10.3 Å². The molecule has 0 unspecified atom stereocenters.